The fourth-order valence-corrected chi connectivity index (χ4v) is 4.31. The minimum atomic E-state index is -0.506. The zero-order valence-corrected chi connectivity index (χ0v) is 19.7. The molecule has 31 heavy (non-hydrogen) atoms. The minimum absolute atomic E-state index is 0.134. The van der Waals surface area contributed by atoms with Gasteiger partial charge in [-0.25, -0.2) is 4.39 Å². The highest BCUT2D eigenvalue weighted by Crippen LogP contribution is 2.29. The Morgan fingerprint density at radius 3 is 2.55 bits per heavy atom. The van der Waals surface area contributed by atoms with E-state index in [1.807, 2.05) is 13.0 Å². The molecular weight excluding hydrogens is 503 g/mol. The standard InChI is InChI=1S/C23H19BrClFN2O2S/c1-2-21(23(30)28-20-10-9-15(24)12-19(20)26)31-18-8-4-7-17(13-18)27-22(29)14-5-3-6-16(25)11-14/h3-13,21H,2H2,1H3,(H,27,29)(H,28,30). The van der Waals surface area contributed by atoms with Crippen LogP contribution in [0.4, 0.5) is 15.8 Å². The molecule has 4 nitrogen and oxygen atoms in total. The molecule has 0 radical (unpaired) electrons. The van der Waals surface area contributed by atoms with E-state index in [-0.39, 0.29) is 17.5 Å². The summed E-state index contributed by atoms with van der Waals surface area (Å²) in [6.45, 7) is 1.89. The van der Waals surface area contributed by atoms with Crippen LogP contribution in [0.1, 0.15) is 23.7 Å². The molecule has 0 fully saturated rings. The minimum Gasteiger partial charge on any atom is -0.323 e. The topological polar surface area (TPSA) is 58.2 Å². The van der Waals surface area contributed by atoms with E-state index in [0.29, 0.717) is 27.2 Å². The number of hydrogen-bond donors (Lipinski definition) is 2. The summed E-state index contributed by atoms with van der Waals surface area (Å²) in [7, 11) is 0. The van der Waals surface area contributed by atoms with E-state index in [9.17, 15) is 14.0 Å². The van der Waals surface area contributed by atoms with Crippen molar-refractivity contribution in [3.05, 3.63) is 87.6 Å². The van der Waals surface area contributed by atoms with Crippen molar-refractivity contribution in [1.82, 2.24) is 0 Å². The van der Waals surface area contributed by atoms with Crippen molar-refractivity contribution in [3.8, 4) is 0 Å². The number of nitrogens with one attached hydrogen (secondary N) is 2. The average Bonchev–Trinajstić information content (AvgIpc) is 2.74. The molecule has 2 N–H and O–H groups in total. The zero-order chi connectivity index (χ0) is 22.4. The SMILES string of the molecule is CCC(Sc1cccc(NC(=O)c2cccc(Cl)c2)c1)C(=O)Nc1ccc(Br)cc1F. The van der Waals surface area contributed by atoms with Crippen molar-refractivity contribution >= 4 is 62.5 Å². The zero-order valence-electron chi connectivity index (χ0n) is 16.5. The van der Waals surface area contributed by atoms with E-state index in [2.05, 4.69) is 26.6 Å². The van der Waals surface area contributed by atoms with Crippen LogP contribution in [0.2, 0.25) is 5.02 Å². The van der Waals surface area contributed by atoms with Crippen LogP contribution < -0.4 is 10.6 Å². The van der Waals surface area contributed by atoms with Gasteiger partial charge in [-0.3, -0.25) is 9.59 Å². The third-order valence-electron chi connectivity index (χ3n) is 4.31. The Labute approximate surface area is 197 Å². The van der Waals surface area contributed by atoms with Gasteiger partial charge >= 0.3 is 0 Å². The highest BCUT2D eigenvalue weighted by molar-refractivity contribution is 9.10. The third kappa shape index (κ3) is 6.56. The second-order valence-electron chi connectivity index (χ2n) is 6.62. The summed E-state index contributed by atoms with van der Waals surface area (Å²) < 4.78 is 14.6. The van der Waals surface area contributed by atoms with E-state index < -0.39 is 11.1 Å². The van der Waals surface area contributed by atoms with Crippen LogP contribution in [0.25, 0.3) is 0 Å². The quantitative estimate of drug-likeness (QED) is 0.329. The van der Waals surface area contributed by atoms with Gasteiger partial charge in [-0.15, -0.1) is 11.8 Å². The Morgan fingerprint density at radius 2 is 1.84 bits per heavy atom. The maximum atomic E-state index is 14.0. The average molecular weight is 522 g/mol. The largest absolute Gasteiger partial charge is 0.323 e. The van der Waals surface area contributed by atoms with Crippen LogP contribution in [0.5, 0.6) is 0 Å². The number of amides is 2. The maximum Gasteiger partial charge on any atom is 0.255 e. The first-order chi connectivity index (χ1) is 14.9. The van der Waals surface area contributed by atoms with E-state index in [1.165, 1.54) is 23.9 Å². The molecule has 3 aromatic rings. The summed E-state index contributed by atoms with van der Waals surface area (Å²) in [5, 5.41) is 5.53. The normalized spacial score (nSPS) is 11.6. The first-order valence-corrected chi connectivity index (χ1v) is 11.5. The van der Waals surface area contributed by atoms with E-state index >= 15 is 0 Å². The lowest BCUT2D eigenvalue weighted by atomic mass is 10.2. The van der Waals surface area contributed by atoms with Crippen molar-refractivity contribution in [1.29, 1.82) is 0 Å². The molecule has 0 aliphatic heterocycles. The van der Waals surface area contributed by atoms with Crippen LogP contribution in [0.3, 0.4) is 0 Å². The van der Waals surface area contributed by atoms with Gasteiger partial charge in [0.25, 0.3) is 5.91 Å². The number of benzene rings is 3. The lowest BCUT2D eigenvalue weighted by Gasteiger charge is -2.16. The molecule has 1 atom stereocenters. The van der Waals surface area contributed by atoms with Gasteiger partial charge in [-0.2, -0.15) is 0 Å². The molecule has 8 heteroatoms. The molecule has 0 heterocycles. The number of thioether (sulfide) groups is 1. The predicted octanol–water partition coefficient (Wildman–Crippen LogP) is 7.00. The van der Waals surface area contributed by atoms with Crippen LogP contribution in [0, 0.1) is 5.82 Å². The number of anilines is 2. The summed E-state index contributed by atoms with van der Waals surface area (Å²) in [6, 6.07) is 18.4. The second kappa shape index (κ2) is 10.8. The molecule has 0 saturated heterocycles. The molecule has 1 unspecified atom stereocenters. The lowest BCUT2D eigenvalue weighted by Crippen LogP contribution is -2.25. The van der Waals surface area contributed by atoms with Gasteiger partial charge in [-0.1, -0.05) is 46.6 Å². The van der Waals surface area contributed by atoms with Gasteiger partial charge < -0.3 is 10.6 Å². The van der Waals surface area contributed by atoms with Gasteiger partial charge in [0.2, 0.25) is 5.91 Å². The van der Waals surface area contributed by atoms with Crippen LogP contribution in [0.15, 0.2) is 76.1 Å². The predicted molar refractivity (Wildman–Crippen MR) is 129 cm³/mol. The van der Waals surface area contributed by atoms with Gasteiger partial charge in [0.1, 0.15) is 5.82 Å². The third-order valence-corrected chi connectivity index (χ3v) is 6.40. The molecule has 3 rings (SSSR count). The summed E-state index contributed by atoms with van der Waals surface area (Å²) in [5.74, 6) is -1.07. The van der Waals surface area contributed by atoms with Crippen molar-refractivity contribution in [2.75, 3.05) is 10.6 Å². The van der Waals surface area contributed by atoms with Crippen LogP contribution in [-0.2, 0) is 4.79 Å². The molecule has 160 valence electrons. The first kappa shape index (κ1) is 23.3. The Bertz CT molecular complexity index is 1110. The fourth-order valence-electron chi connectivity index (χ4n) is 2.77. The number of hydrogen-bond acceptors (Lipinski definition) is 3. The molecular formula is C23H19BrClFN2O2S. The summed E-state index contributed by atoms with van der Waals surface area (Å²) in [4.78, 5) is 25.9. The number of rotatable bonds is 7. The van der Waals surface area contributed by atoms with Crippen molar-refractivity contribution in [2.24, 2.45) is 0 Å². The summed E-state index contributed by atoms with van der Waals surface area (Å²) >= 11 is 10.5. The molecule has 3 aromatic carbocycles. The number of carbonyl (C=O) groups is 2. The summed E-state index contributed by atoms with van der Waals surface area (Å²) in [5.41, 5.74) is 1.19. The number of carbonyl (C=O) groups excluding carboxylic acids is 2. The van der Waals surface area contributed by atoms with E-state index in [1.54, 1.807) is 48.5 Å². The van der Waals surface area contributed by atoms with Crippen LogP contribution in [-0.4, -0.2) is 17.1 Å². The fraction of sp³-hybridized carbons (Fsp3) is 0.130. The molecule has 0 aromatic heterocycles. The Morgan fingerprint density at radius 1 is 1.06 bits per heavy atom. The van der Waals surface area contributed by atoms with Crippen LogP contribution >= 0.6 is 39.3 Å². The summed E-state index contributed by atoms with van der Waals surface area (Å²) in [6.07, 6.45) is 0.549. The van der Waals surface area contributed by atoms with Crippen molar-refractivity contribution in [3.63, 3.8) is 0 Å². The Kier molecular flexibility index (Phi) is 8.12. The maximum absolute atomic E-state index is 14.0. The van der Waals surface area contributed by atoms with E-state index in [0.717, 1.165) is 4.90 Å². The smallest absolute Gasteiger partial charge is 0.255 e. The van der Waals surface area contributed by atoms with Gasteiger partial charge in [-0.05, 0) is 61.0 Å². The molecule has 2 amide bonds. The highest BCUT2D eigenvalue weighted by Gasteiger charge is 2.20. The Hall–Kier alpha value is -2.35. The monoisotopic (exact) mass is 520 g/mol. The van der Waals surface area contributed by atoms with Gasteiger partial charge in [0, 0.05) is 25.6 Å². The first-order valence-electron chi connectivity index (χ1n) is 9.45. The molecule has 0 aliphatic rings. The van der Waals surface area contributed by atoms with Gasteiger partial charge in [0.15, 0.2) is 0 Å². The van der Waals surface area contributed by atoms with E-state index in [4.69, 9.17) is 11.6 Å². The molecule has 0 aliphatic carbocycles. The Balaban J connectivity index is 1.68. The van der Waals surface area contributed by atoms with Crippen molar-refractivity contribution < 1.29 is 14.0 Å². The van der Waals surface area contributed by atoms with Crippen molar-refractivity contribution in [2.45, 2.75) is 23.5 Å². The molecule has 0 bridgehead atoms. The number of halogens is 3. The lowest BCUT2D eigenvalue weighted by molar-refractivity contribution is -0.115. The van der Waals surface area contributed by atoms with Gasteiger partial charge in [0.05, 0.1) is 10.9 Å². The molecule has 0 saturated carbocycles. The second-order valence-corrected chi connectivity index (χ2v) is 9.25. The highest BCUT2D eigenvalue weighted by atomic mass is 79.9. The molecule has 0 spiro atoms.